The number of aryl methyl sites for hydroxylation is 2. The summed E-state index contributed by atoms with van der Waals surface area (Å²) >= 11 is 0. The second-order valence-corrected chi connectivity index (χ2v) is 10.9. The van der Waals surface area contributed by atoms with Crippen LogP contribution in [0.25, 0.3) is 10.8 Å². The molecule has 0 saturated carbocycles. The van der Waals surface area contributed by atoms with Crippen molar-refractivity contribution in [2.75, 3.05) is 4.31 Å². The van der Waals surface area contributed by atoms with Crippen LogP contribution in [-0.2, 0) is 10.0 Å². The molecule has 5 aromatic carbocycles. The van der Waals surface area contributed by atoms with Crippen molar-refractivity contribution in [3.63, 3.8) is 0 Å². The van der Waals surface area contributed by atoms with Crippen LogP contribution >= 0.6 is 0 Å². The Hall–Kier alpha value is -4.75. The van der Waals surface area contributed by atoms with Gasteiger partial charge < -0.3 is 4.74 Å². The SMILES string of the molecule is Cc1ccc(C(=O)Oc2ccc(N(C(=O)c3ccc(C)cc3)S(=O)(=O)c3ccccc3)c3ccccc23)cc1. The molecule has 0 radical (unpaired) electrons. The number of esters is 1. The van der Waals surface area contributed by atoms with Crippen molar-refractivity contribution in [2.24, 2.45) is 0 Å². The number of hydrogen-bond acceptors (Lipinski definition) is 5. The summed E-state index contributed by atoms with van der Waals surface area (Å²) < 4.78 is 34.5. The third kappa shape index (κ3) is 5.17. The molecule has 0 atom stereocenters. The fraction of sp³-hybridized carbons (Fsp3) is 0.0625. The van der Waals surface area contributed by atoms with E-state index in [0.717, 1.165) is 15.4 Å². The zero-order valence-corrected chi connectivity index (χ0v) is 22.2. The third-order valence-corrected chi connectivity index (χ3v) is 8.05. The van der Waals surface area contributed by atoms with Gasteiger partial charge in [0.15, 0.2) is 0 Å². The number of sulfonamides is 1. The molecule has 7 heteroatoms. The Morgan fingerprint density at radius 1 is 0.615 bits per heavy atom. The van der Waals surface area contributed by atoms with Gasteiger partial charge in [-0.3, -0.25) is 4.79 Å². The van der Waals surface area contributed by atoms with Gasteiger partial charge in [-0.05, 0) is 62.4 Å². The van der Waals surface area contributed by atoms with Crippen molar-refractivity contribution >= 4 is 38.4 Å². The van der Waals surface area contributed by atoms with Crippen molar-refractivity contribution in [2.45, 2.75) is 18.7 Å². The molecule has 0 saturated heterocycles. The second-order valence-electron chi connectivity index (χ2n) is 9.14. The highest BCUT2D eigenvalue weighted by Crippen LogP contribution is 2.37. The maximum atomic E-state index is 14.0. The molecule has 5 rings (SSSR count). The summed E-state index contributed by atoms with van der Waals surface area (Å²) in [5.74, 6) is -0.995. The first kappa shape index (κ1) is 25.9. The molecule has 5 aromatic rings. The van der Waals surface area contributed by atoms with E-state index in [1.807, 2.05) is 26.0 Å². The van der Waals surface area contributed by atoms with Crippen LogP contribution in [0.15, 0.2) is 120 Å². The van der Waals surface area contributed by atoms with Gasteiger partial charge in [-0.1, -0.05) is 77.9 Å². The van der Waals surface area contributed by atoms with Crippen LogP contribution in [0.2, 0.25) is 0 Å². The lowest BCUT2D eigenvalue weighted by atomic mass is 10.1. The van der Waals surface area contributed by atoms with Crippen LogP contribution in [0.5, 0.6) is 5.75 Å². The largest absolute Gasteiger partial charge is 0.422 e. The first-order valence-corrected chi connectivity index (χ1v) is 13.7. The first-order chi connectivity index (χ1) is 18.8. The van der Waals surface area contributed by atoms with Crippen molar-refractivity contribution in [1.82, 2.24) is 0 Å². The molecule has 0 bridgehead atoms. The van der Waals surface area contributed by atoms with Crippen LogP contribution in [-0.4, -0.2) is 20.3 Å². The Bertz CT molecular complexity index is 1780. The maximum absolute atomic E-state index is 14.0. The topological polar surface area (TPSA) is 80.8 Å². The van der Waals surface area contributed by atoms with Crippen LogP contribution in [0.1, 0.15) is 31.8 Å². The lowest BCUT2D eigenvalue weighted by molar-refractivity contribution is 0.0736. The summed E-state index contributed by atoms with van der Waals surface area (Å²) in [6, 6.07) is 31.5. The lowest BCUT2D eigenvalue weighted by Crippen LogP contribution is -2.37. The summed E-state index contributed by atoms with van der Waals surface area (Å²) in [6.07, 6.45) is 0. The van der Waals surface area contributed by atoms with Crippen molar-refractivity contribution in [1.29, 1.82) is 0 Å². The van der Waals surface area contributed by atoms with Gasteiger partial charge >= 0.3 is 5.97 Å². The molecule has 0 heterocycles. The number of fused-ring (bicyclic) bond motifs is 1. The zero-order chi connectivity index (χ0) is 27.6. The number of hydrogen-bond donors (Lipinski definition) is 0. The molecular formula is C32H25NO5S. The highest BCUT2D eigenvalue weighted by atomic mass is 32.2. The van der Waals surface area contributed by atoms with Crippen molar-refractivity contribution in [3.8, 4) is 5.75 Å². The Morgan fingerprint density at radius 2 is 1.15 bits per heavy atom. The Balaban J connectivity index is 1.65. The standard InChI is InChI=1S/C32H25NO5S/c1-22-12-16-24(17-13-22)31(34)33(39(36,37)26-8-4-3-5-9-26)29-20-21-30(28-11-7-6-10-27(28)29)38-32(35)25-18-14-23(2)15-19-25/h3-21H,1-2H3. The summed E-state index contributed by atoms with van der Waals surface area (Å²) in [5.41, 5.74) is 2.71. The van der Waals surface area contributed by atoms with E-state index in [4.69, 9.17) is 4.74 Å². The molecule has 1 amide bonds. The van der Waals surface area contributed by atoms with E-state index in [-0.39, 0.29) is 21.9 Å². The number of amides is 1. The number of anilines is 1. The first-order valence-electron chi connectivity index (χ1n) is 12.3. The number of ether oxygens (including phenoxy) is 1. The molecule has 0 aliphatic carbocycles. The number of carbonyl (C=O) groups excluding carboxylic acids is 2. The predicted molar refractivity (Wildman–Crippen MR) is 152 cm³/mol. The summed E-state index contributed by atoms with van der Waals surface area (Å²) in [4.78, 5) is 26.7. The Morgan fingerprint density at radius 3 is 1.77 bits per heavy atom. The van der Waals surface area contributed by atoms with Gasteiger partial charge in [0.1, 0.15) is 5.75 Å². The molecule has 0 spiro atoms. The second kappa shape index (κ2) is 10.6. The average molecular weight is 536 g/mol. The van der Waals surface area contributed by atoms with Crippen molar-refractivity contribution < 1.29 is 22.7 Å². The van der Waals surface area contributed by atoms with Gasteiger partial charge in [0.2, 0.25) is 0 Å². The predicted octanol–water partition coefficient (Wildman–Crippen LogP) is 6.71. The van der Waals surface area contributed by atoms with E-state index in [9.17, 15) is 18.0 Å². The van der Waals surface area contributed by atoms with E-state index < -0.39 is 21.9 Å². The molecule has 0 aromatic heterocycles. The van der Waals surface area contributed by atoms with E-state index in [0.29, 0.717) is 16.3 Å². The Kier molecular flexibility index (Phi) is 7.00. The average Bonchev–Trinajstić information content (AvgIpc) is 2.95. The number of benzene rings is 5. The molecule has 0 fully saturated rings. The minimum absolute atomic E-state index is 0.0237. The number of nitrogens with zero attached hydrogens (tertiary/aromatic N) is 1. The minimum Gasteiger partial charge on any atom is -0.422 e. The Labute approximate surface area is 227 Å². The quantitative estimate of drug-likeness (QED) is 0.178. The van der Waals surface area contributed by atoms with Crippen LogP contribution in [0.4, 0.5) is 5.69 Å². The molecule has 0 aliphatic heterocycles. The van der Waals surface area contributed by atoms with Gasteiger partial charge in [0.05, 0.1) is 16.1 Å². The zero-order valence-electron chi connectivity index (χ0n) is 21.4. The van der Waals surface area contributed by atoms with Crippen LogP contribution in [0.3, 0.4) is 0 Å². The van der Waals surface area contributed by atoms with E-state index in [1.54, 1.807) is 78.9 Å². The van der Waals surface area contributed by atoms with Gasteiger partial charge in [-0.25, -0.2) is 13.2 Å². The highest BCUT2D eigenvalue weighted by Gasteiger charge is 2.33. The maximum Gasteiger partial charge on any atom is 0.343 e. The molecule has 0 aliphatic rings. The van der Waals surface area contributed by atoms with Gasteiger partial charge in [-0.2, -0.15) is 4.31 Å². The normalized spacial score (nSPS) is 11.2. The number of rotatable bonds is 6. The smallest absolute Gasteiger partial charge is 0.343 e. The highest BCUT2D eigenvalue weighted by molar-refractivity contribution is 7.93. The molecule has 39 heavy (non-hydrogen) atoms. The fourth-order valence-corrected chi connectivity index (χ4v) is 5.68. The van der Waals surface area contributed by atoms with Crippen LogP contribution < -0.4 is 9.04 Å². The van der Waals surface area contributed by atoms with Crippen LogP contribution in [0, 0.1) is 13.8 Å². The summed E-state index contributed by atoms with van der Waals surface area (Å²) in [5, 5.41) is 0.923. The molecule has 0 unspecified atom stereocenters. The molecular weight excluding hydrogens is 510 g/mol. The molecule has 6 nitrogen and oxygen atoms in total. The van der Waals surface area contributed by atoms with Gasteiger partial charge in [0.25, 0.3) is 15.9 Å². The van der Waals surface area contributed by atoms with E-state index in [2.05, 4.69) is 0 Å². The summed E-state index contributed by atoms with van der Waals surface area (Å²) in [7, 11) is -4.31. The summed E-state index contributed by atoms with van der Waals surface area (Å²) in [6.45, 7) is 3.81. The third-order valence-electron chi connectivity index (χ3n) is 6.33. The monoisotopic (exact) mass is 535 g/mol. The molecule has 0 N–H and O–H groups in total. The molecule has 194 valence electrons. The fourth-order valence-electron chi connectivity index (χ4n) is 4.23. The van der Waals surface area contributed by atoms with E-state index in [1.165, 1.54) is 24.3 Å². The van der Waals surface area contributed by atoms with Crippen molar-refractivity contribution in [3.05, 3.63) is 138 Å². The number of carbonyl (C=O) groups is 2. The van der Waals surface area contributed by atoms with Gasteiger partial charge in [0, 0.05) is 16.3 Å². The minimum atomic E-state index is -4.31. The van der Waals surface area contributed by atoms with E-state index >= 15 is 0 Å². The van der Waals surface area contributed by atoms with Gasteiger partial charge in [-0.15, -0.1) is 0 Å². The lowest BCUT2D eigenvalue weighted by Gasteiger charge is -2.25.